The molecule has 62 heavy (non-hydrogen) atoms. The zero-order valence-electron chi connectivity index (χ0n) is 32.1. The maximum atomic E-state index is 14.7. The summed E-state index contributed by atoms with van der Waals surface area (Å²) in [7, 11) is 0. The fourth-order valence-corrected chi connectivity index (χ4v) is 8.53. The van der Waals surface area contributed by atoms with E-state index in [1.807, 2.05) is 0 Å². The molecule has 2 saturated heterocycles. The number of phenolic OH excluding ortho intramolecular Hbond substituents is 4. The summed E-state index contributed by atoms with van der Waals surface area (Å²) in [6.45, 7) is -1.61. The molecule has 4 heterocycles. The predicted molar refractivity (Wildman–Crippen MR) is 203 cm³/mol. The van der Waals surface area contributed by atoms with Gasteiger partial charge in [-0.25, -0.2) is 0 Å². The average Bonchev–Trinajstić information content (AvgIpc) is 3.23. The number of fused-ring (bicyclic) bond motifs is 2. The maximum Gasteiger partial charge on any atom is 0.316 e. The van der Waals surface area contributed by atoms with E-state index in [-0.39, 0.29) is 56.8 Å². The number of aliphatic hydroxyl groups excluding tert-OH is 8. The molecule has 0 aromatic heterocycles. The van der Waals surface area contributed by atoms with Crippen LogP contribution in [-0.2, 0) is 19.1 Å². The van der Waals surface area contributed by atoms with Crippen LogP contribution in [0.1, 0.15) is 34.1 Å². The van der Waals surface area contributed by atoms with Crippen LogP contribution in [0.5, 0.6) is 46.0 Å². The molecule has 330 valence electrons. The van der Waals surface area contributed by atoms with Gasteiger partial charge in [-0.15, -0.1) is 0 Å². The Morgan fingerprint density at radius 3 is 1.16 bits per heavy atom. The second kappa shape index (κ2) is 16.8. The minimum Gasteiger partial charge on any atom is -0.508 e. The Hall–Kier alpha value is -5.78. The first-order valence-electron chi connectivity index (χ1n) is 19.3. The molecule has 14 unspecified atom stereocenters. The lowest BCUT2D eigenvalue weighted by atomic mass is 9.65. The summed E-state index contributed by atoms with van der Waals surface area (Å²) < 4.78 is 35.0. The van der Waals surface area contributed by atoms with Crippen molar-refractivity contribution >= 4 is 11.9 Å². The van der Waals surface area contributed by atoms with Crippen molar-refractivity contribution in [3.05, 3.63) is 95.1 Å². The molecule has 0 aliphatic carbocycles. The largest absolute Gasteiger partial charge is 0.508 e. The normalized spacial score (nSPS) is 33.1. The fraction of sp³-hybridized carbons (Fsp3) is 0.381. The first-order chi connectivity index (χ1) is 29.6. The number of carbonyl (C=O) groups is 2. The quantitative estimate of drug-likeness (QED) is 0.0702. The predicted octanol–water partition coefficient (Wildman–Crippen LogP) is -1.10. The van der Waals surface area contributed by atoms with Gasteiger partial charge in [-0.1, -0.05) is 24.3 Å². The SMILES string of the molecule is O=C1Oc2cc(O)cc(OC3OC(CO)C(O)C(O)C3O)c2C(c2ccc(O)cc2)C1C1C(=O)Oc2cc(O)cc(OC3OC(CO)C(O)C(O)C3O)c2C1c1ccc(O)cc1. The van der Waals surface area contributed by atoms with Crippen LogP contribution in [0.2, 0.25) is 0 Å². The van der Waals surface area contributed by atoms with E-state index >= 15 is 0 Å². The number of aliphatic hydroxyl groups is 8. The van der Waals surface area contributed by atoms with Gasteiger partial charge in [-0.05, 0) is 35.4 Å². The summed E-state index contributed by atoms with van der Waals surface area (Å²) in [6, 6.07) is 15.2. The summed E-state index contributed by atoms with van der Waals surface area (Å²) in [5.74, 6) is -10.7. The van der Waals surface area contributed by atoms with Crippen molar-refractivity contribution in [1.82, 2.24) is 0 Å². The molecule has 2 fully saturated rings. The maximum absolute atomic E-state index is 14.7. The Kier molecular flexibility index (Phi) is 11.6. The third-order valence-electron chi connectivity index (χ3n) is 11.6. The fourth-order valence-electron chi connectivity index (χ4n) is 8.53. The van der Waals surface area contributed by atoms with E-state index in [1.165, 1.54) is 48.5 Å². The third-order valence-corrected chi connectivity index (χ3v) is 11.6. The van der Waals surface area contributed by atoms with Gasteiger partial charge in [0, 0.05) is 47.2 Å². The molecule has 20 heteroatoms. The first-order valence-corrected chi connectivity index (χ1v) is 19.3. The zero-order valence-corrected chi connectivity index (χ0v) is 32.1. The lowest BCUT2D eigenvalue weighted by molar-refractivity contribution is -0.277. The van der Waals surface area contributed by atoms with Gasteiger partial charge in [0.15, 0.2) is 0 Å². The van der Waals surface area contributed by atoms with Crippen molar-refractivity contribution in [2.75, 3.05) is 13.2 Å². The third kappa shape index (κ3) is 7.59. The molecule has 0 amide bonds. The van der Waals surface area contributed by atoms with Crippen molar-refractivity contribution in [3.63, 3.8) is 0 Å². The van der Waals surface area contributed by atoms with E-state index in [4.69, 9.17) is 28.4 Å². The van der Waals surface area contributed by atoms with Crippen molar-refractivity contribution < 1.29 is 99.3 Å². The van der Waals surface area contributed by atoms with Crippen LogP contribution in [0.25, 0.3) is 0 Å². The number of phenols is 4. The molecule has 4 aliphatic rings. The highest BCUT2D eigenvalue weighted by Gasteiger charge is 2.56. The Morgan fingerprint density at radius 1 is 0.468 bits per heavy atom. The van der Waals surface area contributed by atoms with Crippen LogP contribution >= 0.6 is 0 Å². The number of ether oxygens (including phenoxy) is 6. The van der Waals surface area contributed by atoms with E-state index in [1.54, 1.807) is 0 Å². The molecule has 20 nitrogen and oxygen atoms in total. The van der Waals surface area contributed by atoms with Crippen LogP contribution in [0, 0.1) is 11.8 Å². The van der Waals surface area contributed by atoms with Crippen LogP contribution < -0.4 is 18.9 Å². The first kappa shape index (κ1) is 42.9. The van der Waals surface area contributed by atoms with Gasteiger partial charge in [-0.2, -0.15) is 0 Å². The second-order valence-electron chi connectivity index (χ2n) is 15.4. The summed E-state index contributed by atoms with van der Waals surface area (Å²) in [5, 5.41) is 126. The molecular formula is C42H42O20. The van der Waals surface area contributed by atoms with Crippen LogP contribution in [0.4, 0.5) is 0 Å². The summed E-state index contributed by atoms with van der Waals surface area (Å²) in [5.41, 5.74) is 0.450. The van der Waals surface area contributed by atoms with Gasteiger partial charge < -0.3 is 89.7 Å². The molecule has 0 bridgehead atoms. The van der Waals surface area contributed by atoms with Gasteiger partial charge in [0.2, 0.25) is 12.6 Å². The van der Waals surface area contributed by atoms with Crippen LogP contribution in [0.3, 0.4) is 0 Å². The molecule has 0 saturated carbocycles. The zero-order chi connectivity index (χ0) is 44.3. The van der Waals surface area contributed by atoms with Gasteiger partial charge in [-0.3, -0.25) is 9.59 Å². The number of hydrogen-bond donors (Lipinski definition) is 12. The molecule has 8 rings (SSSR count). The molecule has 0 spiro atoms. The van der Waals surface area contributed by atoms with E-state index in [0.717, 1.165) is 24.3 Å². The van der Waals surface area contributed by atoms with Crippen molar-refractivity contribution in [2.24, 2.45) is 11.8 Å². The Bertz CT molecular complexity index is 2140. The minimum atomic E-state index is -1.93. The average molecular weight is 867 g/mol. The number of rotatable bonds is 9. The number of esters is 2. The smallest absolute Gasteiger partial charge is 0.316 e. The highest BCUT2D eigenvalue weighted by Crippen LogP contribution is 2.58. The highest BCUT2D eigenvalue weighted by molar-refractivity contribution is 5.91. The van der Waals surface area contributed by atoms with Gasteiger partial charge in [0.1, 0.15) is 94.8 Å². The Labute approximate surface area is 350 Å². The standard InChI is InChI=1S/C42H42O20/c43-13-25-33(49)35(51)37(53)41(61-25)59-23-11-19(47)9-21-29(23)27(15-1-5-17(45)6-2-15)31(39(55)57-21)32-28(16-3-7-18(46)8-4-16)30-22(58-40(32)56)10-20(48)12-24(30)60-42-38(54)36(52)34(50)26(14-44)62-42/h1-12,25-28,31-38,41-54H,13-14H2. The van der Waals surface area contributed by atoms with E-state index in [2.05, 4.69) is 0 Å². The minimum absolute atomic E-state index is 0.0263. The number of hydrogen-bond acceptors (Lipinski definition) is 20. The lowest BCUT2D eigenvalue weighted by Gasteiger charge is -2.43. The van der Waals surface area contributed by atoms with Crippen LogP contribution in [0.15, 0.2) is 72.8 Å². The molecular weight excluding hydrogens is 824 g/mol. The molecule has 0 radical (unpaired) electrons. The highest BCUT2D eigenvalue weighted by atomic mass is 16.7. The number of benzene rings is 4. The van der Waals surface area contributed by atoms with Crippen LogP contribution in [-0.4, -0.2) is 148 Å². The second-order valence-corrected chi connectivity index (χ2v) is 15.4. The van der Waals surface area contributed by atoms with Gasteiger partial charge in [0.05, 0.1) is 25.0 Å². The lowest BCUT2D eigenvalue weighted by Crippen LogP contribution is -2.60. The molecule has 12 N–H and O–H groups in total. The van der Waals surface area contributed by atoms with E-state index < -0.39 is 122 Å². The van der Waals surface area contributed by atoms with Crippen molar-refractivity contribution in [3.8, 4) is 46.0 Å². The van der Waals surface area contributed by atoms with Gasteiger partial charge >= 0.3 is 11.9 Å². The Balaban J connectivity index is 1.31. The van der Waals surface area contributed by atoms with E-state index in [0.29, 0.717) is 0 Å². The molecule has 4 aromatic rings. The summed E-state index contributed by atoms with van der Waals surface area (Å²) in [6.07, 6.45) is -17.5. The van der Waals surface area contributed by atoms with E-state index in [9.17, 15) is 70.9 Å². The number of carbonyl (C=O) groups excluding carboxylic acids is 2. The Morgan fingerprint density at radius 2 is 0.823 bits per heavy atom. The molecule has 4 aliphatic heterocycles. The van der Waals surface area contributed by atoms with Crippen molar-refractivity contribution in [1.29, 1.82) is 0 Å². The molecule has 4 aromatic carbocycles. The van der Waals surface area contributed by atoms with Crippen molar-refractivity contribution in [2.45, 2.75) is 73.2 Å². The summed E-state index contributed by atoms with van der Waals surface area (Å²) >= 11 is 0. The monoisotopic (exact) mass is 866 g/mol. The summed E-state index contributed by atoms with van der Waals surface area (Å²) in [4.78, 5) is 29.3. The topological polar surface area (TPSA) is 332 Å². The van der Waals surface area contributed by atoms with Gasteiger partial charge in [0.25, 0.3) is 0 Å². The number of aromatic hydroxyl groups is 4. The molecule has 14 atom stereocenters.